The zero-order valence-electron chi connectivity index (χ0n) is 16.2. The molecule has 0 bridgehead atoms. The van der Waals surface area contributed by atoms with Gasteiger partial charge in [-0.25, -0.2) is 9.67 Å². The van der Waals surface area contributed by atoms with E-state index in [4.69, 9.17) is 0 Å². The lowest BCUT2D eigenvalue weighted by Crippen LogP contribution is -2.12. The summed E-state index contributed by atoms with van der Waals surface area (Å²) in [6.45, 7) is 0. The van der Waals surface area contributed by atoms with Crippen molar-refractivity contribution in [2.75, 3.05) is 5.32 Å². The van der Waals surface area contributed by atoms with Crippen LogP contribution in [0.4, 0.5) is 5.13 Å². The Labute approximate surface area is 182 Å². The molecule has 150 valence electrons. The number of para-hydroxylation sites is 1. The number of carbonyl (C=O) groups is 1. The van der Waals surface area contributed by atoms with Gasteiger partial charge in [-0.2, -0.15) is 5.10 Å². The van der Waals surface area contributed by atoms with Crippen molar-refractivity contribution in [1.82, 2.24) is 24.7 Å². The van der Waals surface area contributed by atoms with Crippen molar-refractivity contribution in [1.29, 1.82) is 0 Å². The molecule has 0 aliphatic carbocycles. The standard InChI is InChI=1S/C23H16N6OS/c30-22(27-23-26-20(15-31-23)16-6-4-10-24-12-16)19-14-29(18-8-2-1-3-9-18)28-21(19)17-7-5-11-25-13-17/h1-15H,(H,26,27,30). The minimum atomic E-state index is -0.284. The van der Waals surface area contributed by atoms with Crippen LogP contribution in [0.3, 0.4) is 0 Å². The molecular weight excluding hydrogens is 408 g/mol. The van der Waals surface area contributed by atoms with Crippen molar-refractivity contribution in [2.45, 2.75) is 0 Å². The number of nitrogens with one attached hydrogen (secondary N) is 1. The van der Waals surface area contributed by atoms with Gasteiger partial charge in [0.25, 0.3) is 5.91 Å². The molecule has 31 heavy (non-hydrogen) atoms. The van der Waals surface area contributed by atoms with Crippen molar-refractivity contribution in [3.05, 3.63) is 96.5 Å². The molecule has 5 rings (SSSR count). The number of nitrogens with zero attached hydrogens (tertiary/aromatic N) is 5. The molecule has 0 unspecified atom stereocenters. The Hall–Kier alpha value is -4.17. The van der Waals surface area contributed by atoms with Gasteiger partial charge in [-0.3, -0.25) is 20.1 Å². The SMILES string of the molecule is O=C(Nc1nc(-c2cccnc2)cs1)c1cn(-c2ccccc2)nc1-c1cccnc1. The number of hydrogen-bond acceptors (Lipinski definition) is 6. The van der Waals surface area contributed by atoms with Crippen LogP contribution in [0.1, 0.15) is 10.4 Å². The van der Waals surface area contributed by atoms with Gasteiger partial charge in [0.15, 0.2) is 5.13 Å². The molecule has 4 heterocycles. The molecule has 0 spiro atoms. The van der Waals surface area contributed by atoms with Crippen molar-refractivity contribution in [2.24, 2.45) is 0 Å². The Morgan fingerprint density at radius 3 is 2.35 bits per heavy atom. The topological polar surface area (TPSA) is 85.6 Å². The lowest BCUT2D eigenvalue weighted by atomic mass is 10.1. The van der Waals surface area contributed by atoms with E-state index in [2.05, 4.69) is 25.4 Å². The fourth-order valence-corrected chi connectivity index (χ4v) is 3.83. The minimum absolute atomic E-state index is 0.284. The van der Waals surface area contributed by atoms with Gasteiger partial charge in [-0.15, -0.1) is 11.3 Å². The smallest absolute Gasteiger partial charge is 0.261 e. The van der Waals surface area contributed by atoms with Crippen LogP contribution in [-0.4, -0.2) is 30.6 Å². The van der Waals surface area contributed by atoms with Crippen molar-refractivity contribution in [3.63, 3.8) is 0 Å². The molecule has 0 saturated heterocycles. The molecule has 0 atom stereocenters. The highest BCUT2D eigenvalue weighted by atomic mass is 32.1. The fourth-order valence-electron chi connectivity index (χ4n) is 3.11. The lowest BCUT2D eigenvalue weighted by molar-refractivity contribution is 0.102. The number of amides is 1. The van der Waals surface area contributed by atoms with Crippen molar-refractivity contribution in [3.8, 4) is 28.2 Å². The summed E-state index contributed by atoms with van der Waals surface area (Å²) in [5, 5.41) is 9.95. The Balaban J connectivity index is 1.48. The maximum Gasteiger partial charge on any atom is 0.261 e. The van der Waals surface area contributed by atoms with Crippen LogP contribution in [0.15, 0.2) is 91.0 Å². The van der Waals surface area contributed by atoms with Gasteiger partial charge in [0.1, 0.15) is 5.69 Å². The molecule has 1 N–H and O–H groups in total. The second-order valence-electron chi connectivity index (χ2n) is 6.65. The van der Waals surface area contributed by atoms with Crippen LogP contribution in [-0.2, 0) is 0 Å². The van der Waals surface area contributed by atoms with Crippen LogP contribution < -0.4 is 5.32 Å². The first-order valence-corrected chi connectivity index (χ1v) is 10.4. The van der Waals surface area contributed by atoms with E-state index in [1.54, 1.807) is 35.7 Å². The van der Waals surface area contributed by atoms with Crippen LogP contribution in [0, 0.1) is 0 Å². The molecule has 0 aliphatic rings. The van der Waals surface area contributed by atoms with E-state index < -0.39 is 0 Å². The van der Waals surface area contributed by atoms with Crippen LogP contribution >= 0.6 is 11.3 Å². The van der Waals surface area contributed by atoms with Gasteiger partial charge in [0.05, 0.1) is 16.9 Å². The third-order valence-corrected chi connectivity index (χ3v) is 5.35. The summed E-state index contributed by atoms with van der Waals surface area (Å²) in [4.78, 5) is 26.0. The summed E-state index contributed by atoms with van der Waals surface area (Å²) in [5.41, 5.74) is 4.28. The van der Waals surface area contributed by atoms with Gasteiger partial charge in [-0.05, 0) is 36.4 Å². The van der Waals surface area contributed by atoms with Crippen LogP contribution in [0.5, 0.6) is 0 Å². The molecule has 5 aromatic rings. The van der Waals surface area contributed by atoms with Gasteiger partial charge in [-0.1, -0.05) is 18.2 Å². The maximum absolute atomic E-state index is 13.2. The number of carbonyl (C=O) groups excluding carboxylic acids is 1. The number of anilines is 1. The van der Waals surface area contributed by atoms with E-state index in [1.807, 2.05) is 60.0 Å². The molecule has 1 aromatic carbocycles. The molecular formula is C23H16N6OS. The average Bonchev–Trinajstić information content (AvgIpc) is 3.49. The van der Waals surface area contributed by atoms with E-state index in [0.29, 0.717) is 16.4 Å². The summed E-state index contributed by atoms with van der Waals surface area (Å²) >= 11 is 1.36. The predicted molar refractivity (Wildman–Crippen MR) is 120 cm³/mol. The summed E-state index contributed by atoms with van der Waals surface area (Å²) in [6, 6.07) is 17.1. The van der Waals surface area contributed by atoms with Gasteiger partial charge >= 0.3 is 0 Å². The Bertz CT molecular complexity index is 1320. The quantitative estimate of drug-likeness (QED) is 0.442. The number of rotatable bonds is 5. The number of pyridine rings is 2. The molecule has 7 nitrogen and oxygen atoms in total. The number of aromatic nitrogens is 5. The Morgan fingerprint density at radius 2 is 1.65 bits per heavy atom. The van der Waals surface area contributed by atoms with Crippen molar-refractivity contribution < 1.29 is 4.79 Å². The highest BCUT2D eigenvalue weighted by molar-refractivity contribution is 7.14. The van der Waals surface area contributed by atoms with E-state index in [9.17, 15) is 4.79 Å². The van der Waals surface area contributed by atoms with Crippen LogP contribution in [0.25, 0.3) is 28.2 Å². The molecule has 4 aromatic heterocycles. The highest BCUT2D eigenvalue weighted by Gasteiger charge is 2.20. The number of thiazole rings is 1. The lowest BCUT2D eigenvalue weighted by Gasteiger charge is -2.02. The second kappa shape index (κ2) is 8.29. The molecule has 0 fully saturated rings. The predicted octanol–water partition coefficient (Wildman–Crippen LogP) is 4.71. The van der Waals surface area contributed by atoms with Crippen LogP contribution in [0.2, 0.25) is 0 Å². The second-order valence-corrected chi connectivity index (χ2v) is 7.51. The molecule has 1 amide bonds. The first-order valence-electron chi connectivity index (χ1n) is 9.51. The fraction of sp³-hybridized carbons (Fsp3) is 0. The minimum Gasteiger partial charge on any atom is -0.298 e. The van der Waals surface area contributed by atoms with Gasteiger partial charge in [0, 0.05) is 47.5 Å². The number of hydrogen-bond donors (Lipinski definition) is 1. The zero-order chi connectivity index (χ0) is 21.0. The monoisotopic (exact) mass is 424 g/mol. The van der Waals surface area contributed by atoms with E-state index in [0.717, 1.165) is 22.5 Å². The summed E-state index contributed by atoms with van der Waals surface area (Å²) in [6.07, 6.45) is 8.56. The Morgan fingerprint density at radius 1 is 0.903 bits per heavy atom. The molecule has 0 saturated carbocycles. The molecule has 0 radical (unpaired) electrons. The zero-order valence-corrected chi connectivity index (χ0v) is 17.0. The van der Waals surface area contributed by atoms with Gasteiger partial charge in [0.2, 0.25) is 0 Å². The largest absolute Gasteiger partial charge is 0.298 e. The summed E-state index contributed by atoms with van der Waals surface area (Å²) in [5.74, 6) is -0.284. The van der Waals surface area contributed by atoms with Gasteiger partial charge < -0.3 is 0 Å². The molecule has 8 heteroatoms. The van der Waals surface area contributed by atoms with Crippen molar-refractivity contribution >= 4 is 22.4 Å². The van der Waals surface area contributed by atoms with E-state index in [-0.39, 0.29) is 5.91 Å². The third-order valence-electron chi connectivity index (χ3n) is 4.60. The number of benzene rings is 1. The highest BCUT2D eigenvalue weighted by Crippen LogP contribution is 2.27. The maximum atomic E-state index is 13.2. The summed E-state index contributed by atoms with van der Waals surface area (Å²) in [7, 11) is 0. The first kappa shape index (κ1) is 18.8. The first-order chi connectivity index (χ1) is 15.3. The molecule has 0 aliphatic heterocycles. The Kier molecular flexibility index (Phi) is 5.04. The third kappa shape index (κ3) is 3.96. The average molecular weight is 424 g/mol. The van der Waals surface area contributed by atoms with E-state index in [1.165, 1.54) is 11.3 Å². The normalized spacial score (nSPS) is 10.7. The summed E-state index contributed by atoms with van der Waals surface area (Å²) < 4.78 is 1.69. The van der Waals surface area contributed by atoms with E-state index >= 15 is 0 Å².